The zero-order chi connectivity index (χ0) is 10.8. The highest BCUT2D eigenvalue weighted by molar-refractivity contribution is 5.76. The molecule has 2 aliphatic heterocycles. The Morgan fingerprint density at radius 2 is 2.27 bits per heavy atom. The lowest BCUT2D eigenvalue weighted by Crippen LogP contribution is -2.52. The van der Waals surface area contributed by atoms with Crippen LogP contribution in [0.25, 0.3) is 0 Å². The monoisotopic (exact) mass is 211 g/mol. The first-order chi connectivity index (χ1) is 7.16. The van der Waals surface area contributed by atoms with Gasteiger partial charge in [0.2, 0.25) is 5.91 Å². The lowest BCUT2D eigenvalue weighted by atomic mass is 10.1. The average Bonchev–Trinajstić information content (AvgIpc) is 2.62. The van der Waals surface area contributed by atoms with Crippen molar-refractivity contribution in [3.63, 3.8) is 0 Å². The largest absolute Gasteiger partial charge is 0.340 e. The first-order valence-electron chi connectivity index (χ1n) is 5.94. The predicted octanol–water partition coefficient (Wildman–Crippen LogP) is 0.0303. The van der Waals surface area contributed by atoms with Gasteiger partial charge in [0, 0.05) is 38.1 Å². The van der Waals surface area contributed by atoms with Crippen LogP contribution in [0.3, 0.4) is 0 Å². The van der Waals surface area contributed by atoms with Gasteiger partial charge in [0.25, 0.3) is 0 Å². The minimum atomic E-state index is -0.0147. The van der Waals surface area contributed by atoms with Crippen molar-refractivity contribution in [1.82, 2.24) is 9.80 Å². The maximum absolute atomic E-state index is 11.8. The zero-order valence-electron chi connectivity index (χ0n) is 9.48. The number of nitrogens with zero attached hydrogens (tertiary/aromatic N) is 2. The van der Waals surface area contributed by atoms with E-state index in [0.717, 1.165) is 19.6 Å². The summed E-state index contributed by atoms with van der Waals surface area (Å²) >= 11 is 0. The molecule has 0 aromatic rings. The second-order valence-electron chi connectivity index (χ2n) is 4.85. The van der Waals surface area contributed by atoms with E-state index in [1.165, 1.54) is 19.4 Å². The number of piperazine rings is 1. The molecule has 0 aliphatic carbocycles. The molecule has 2 fully saturated rings. The Kier molecular flexibility index (Phi) is 3.26. The summed E-state index contributed by atoms with van der Waals surface area (Å²) in [7, 11) is 0. The third-order valence-electron chi connectivity index (χ3n) is 3.44. The molecule has 0 saturated carbocycles. The number of amides is 1. The summed E-state index contributed by atoms with van der Waals surface area (Å²) in [6.07, 6.45) is 3.04. The van der Waals surface area contributed by atoms with E-state index in [1.54, 1.807) is 0 Å². The van der Waals surface area contributed by atoms with E-state index in [2.05, 4.69) is 4.90 Å². The van der Waals surface area contributed by atoms with Crippen molar-refractivity contribution >= 4 is 5.91 Å². The second kappa shape index (κ2) is 4.49. The molecule has 1 amide bonds. The van der Waals surface area contributed by atoms with Crippen molar-refractivity contribution in [3.05, 3.63) is 0 Å². The molecule has 2 atom stereocenters. The van der Waals surface area contributed by atoms with Crippen molar-refractivity contribution in [3.8, 4) is 0 Å². The average molecular weight is 211 g/mol. The van der Waals surface area contributed by atoms with E-state index in [0.29, 0.717) is 12.5 Å². The van der Waals surface area contributed by atoms with E-state index in [-0.39, 0.29) is 11.9 Å². The van der Waals surface area contributed by atoms with E-state index in [1.807, 2.05) is 11.8 Å². The smallest absolute Gasteiger partial charge is 0.224 e. The molecule has 0 aromatic carbocycles. The fourth-order valence-electron chi connectivity index (χ4n) is 2.62. The summed E-state index contributed by atoms with van der Waals surface area (Å²) in [5.74, 6) is 0.233. The molecule has 2 heterocycles. The van der Waals surface area contributed by atoms with Gasteiger partial charge in [-0.25, -0.2) is 0 Å². The molecule has 0 bridgehead atoms. The minimum Gasteiger partial charge on any atom is -0.340 e. The van der Waals surface area contributed by atoms with Gasteiger partial charge in [-0.3, -0.25) is 9.69 Å². The van der Waals surface area contributed by atoms with Crippen LogP contribution in [-0.2, 0) is 4.79 Å². The van der Waals surface area contributed by atoms with Crippen LogP contribution in [0, 0.1) is 0 Å². The maximum Gasteiger partial charge on any atom is 0.224 e. The van der Waals surface area contributed by atoms with Crippen LogP contribution in [0.1, 0.15) is 26.2 Å². The first-order valence-corrected chi connectivity index (χ1v) is 5.94. The summed E-state index contributed by atoms with van der Waals surface area (Å²) in [5.41, 5.74) is 5.65. The Labute approximate surface area is 91.4 Å². The minimum absolute atomic E-state index is 0.0147. The van der Waals surface area contributed by atoms with Crippen LogP contribution in [0.2, 0.25) is 0 Å². The molecule has 0 aromatic heterocycles. The van der Waals surface area contributed by atoms with Crippen molar-refractivity contribution in [2.75, 3.05) is 26.2 Å². The number of hydrogen-bond acceptors (Lipinski definition) is 3. The van der Waals surface area contributed by atoms with Crippen molar-refractivity contribution in [2.45, 2.75) is 38.3 Å². The second-order valence-corrected chi connectivity index (χ2v) is 4.85. The highest BCUT2D eigenvalue weighted by Gasteiger charge is 2.32. The molecule has 86 valence electrons. The standard InChI is InChI=1S/C11H21N3O/c1-9(12)7-11(15)14-6-5-13-4-2-3-10(13)8-14/h9-10H,2-8,12H2,1H3. The molecule has 2 rings (SSSR count). The van der Waals surface area contributed by atoms with E-state index < -0.39 is 0 Å². The van der Waals surface area contributed by atoms with E-state index >= 15 is 0 Å². The third kappa shape index (κ3) is 2.49. The summed E-state index contributed by atoms with van der Waals surface area (Å²) in [6, 6.07) is 0.606. The van der Waals surface area contributed by atoms with Gasteiger partial charge >= 0.3 is 0 Å². The number of fused-ring (bicyclic) bond motifs is 1. The predicted molar refractivity (Wildman–Crippen MR) is 59.4 cm³/mol. The fraction of sp³-hybridized carbons (Fsp3) is 0.909. The SMILES string of the molecule is CC(N)CC(=O)N1CCN2CCCC2C1. The molecule has 2 N–H and O–H groups in total. The van der Waals surface area contributed by atoms with Crippen LogP contribution < -0.4 is 5.73 Å². The van der Waals surface area contributed by atoms with Crippen LogP contribution in [-0.4, -0.2) is 54.0 Å². The van der Waals surface area contributed by atoms with Crippen LogP contribution >= 0.6 is 0 Å². The normalized spacial score (nSPS) is 28.9. The molecule has 2 saturated heterocycles. The maximum atomic E-state index is 11.8. The number of rotatable bonds is 2. The lowest BCUT2D eigenvalue weighted by molar-refractivity contribution is -0.134. The molecule has 4 nitrogen and oxygen atoms in total. The highest BCUT2D eigenvalue weighted by atomic mass is 16.2. The van der Waals surface area contributed by atoms with Crippen LogP contribution in [0.5, 0.6) is 0 Å². The Balaban J connectivity index is 1.86. The van der Waals surface area contributed by atoms with Gasteiger partial charge in [0.05, 0.1) is 0 Å². The summed E-state index contributed by atoms with van der Waals surface area (Å²) < 4.78 is 0. The Hall–Kier alpha value is -0.610. The van der Waals surface area contributed by atoms with Gasteiger partial charge in [-0.1, -0.05) is 0 Å². The van der Waals surface area contributed by atoms with Crippen molar-refractivity contribution in [2.24, 2.45) is 5.73 Å². The quantitative estimate of drug-likeness (QED) is 0.701. The van der Waals surface area contributed by atoms with Gasteiger partial charge in [0.15, 0.2) is 0 Å². The van der Waals surface area contributed by atoms with E-state index in [9.17, 15) is 4.79 Å². The lowest BCUT2D eigenvalue weighted by Gasteiger charge is -2.37. The fourth-order valence-corrected chi connectivity index (χ4v) is 2.62. The van der Waals surface area contributed by atoms with Crippen LogP contribution in [0.15, 0.2) is 0 Å². The zero-order valence-corrected chi connectivity index (χ0v) is 9.48. The van der Waals surface area contributed by atoms with Gasteiger partial charge in [-0.15, -0.1) is 0 Å². The molecular weight excluding hydrogens is 190 g/mol. The summed E-state index contributed by atoms with van der Waals surface area (Å²) in [5, 5.41) is 0. The Bertz CT molecular complexity index is 242. The Morgan fingerprint density at radius 3 is 3.00 bits per heavy atom. The van der Waals surface area contributed by atoms with E-state index in [4.69, 9.17) is 5.73 Å². The topological polar surface area (TPSA) is 49.6 Å². The third-order valence-corrected chi connectivity index (χ3v) is 3.44. The molecule has 2 unspecified atom stereocenters. The molecule has 15 heavy (non-hydrogen) atoms. The van der Waals surface area contributed by atoms with Crippen molar-refractivity contribution < 1.29 is 4.79 Å². The molecular formula is C11H21N3O. The summed E-state index contributed by atoms with van der Waals surface area (Å²) in [6.45, 7) is 5.98. The Morgan fingerprint density at radius 1 is 1.47 bits per heavy atom. The number of nitrogens with two attached hydrogens (primary N) is 1. The molecule has 4 heteroatoms. The molecule has 0 spiro atoms. The van der Waals surface area contributed by atoms with Gasteiger partial charge < -0.3 is 10.6 Å². The summed E-state index contributed by atoms with van der Waals surface area (Å²) in [4.78, 5) is 16.3. The van der Waals surface area contributed by atoms with Crippen LogP contribution in [0.4, 0.5) is 0 Å². The molecule has 0 radical (unpaired) electrons. The van der Waals surface area contributed by atoms with Gasteiger partial charge in [-0.05, 0) is 26.3 Å². The molecule has 2 aliphatic rings. The number of carbonyl (C=O) groups excluding carboxylic acids is 1. The van der Waals surface area contributed by atoms with Crippen molar-refractivity contribution in [1.29, 1.82) is 0 Å². The van der Waals surface area contributed by atoms with Gasteiger partial charge in [-0.2, -0.15) is 0 Å². The first kappa shape index (κ1) is 10.9. The number of carbonyl (C=O) groups is 1. The van der Waals surface area contributed by atoms with Gasteiger partial charge in [0.1, 0.15) is 0 Å². The highest BCUT2D eigenvalue weighted by Crippen LogP contribution is 2.21. The number of hydrogen-bond donors (Lipinski definition) is 1.